The SMILES string of the molecule is O=C(NC1CCC(Oc2ccccn2)CC1)c1ccc(S(=O)(=O)N2CCCC2)cc1. The lowest BCUT2D eigenvalue weighted by Gasteiger charge is -2.29. The maximum Gasteiger partial charge on any atom is 0.251 e. The standard InChI is InChI=1S/C22H27N3O4S/c26-22(17-6-12-20(13-7-17)30(27,28)25-15-3-4-16-25)24-18-8-10-19(11-9-18)29-21-5-1-2-14-23-21/h1-2,5-7,12-14,18-19H,3-4,8-11,15-16H2,(H,24,26). The highest BCUT2D eigenvalue weighted by Gasteiger charge is 2.28. The minimum absolute atomic E-state index is 0.0918. The monoisotopic (exact) mass is 429 g/mol. The molecule has 8 heteroatoms. The van der Waals surface area contributed by atoms with Gasteiger partial charge in [0, 0.05) is 37.0 Å². The Hall–Kier alpha value is -2.45. The first-order valence-corrected chi connectivity index (χ1v) is 12.0. The fraction of sp³-hybridized carbons (Fsp3) is 0.455. The molecule has 1 saturated heterocycles. The molecule has 0 atom stereocenters. The van der Waals surface area contributed by atoms with E-state index >= 15 is 0 Å². The molecular weight excluding hydrogens is 402 g/mol. The number of aromatic nitrogens is 1. The molecule has 1 aliphatic carbocycles. The van der Waals surface area contributed by atoms with Gasteiger partial charge < -0.3 is 10.1 Å². The van der Waals surface area contributed by atoms with Gasteiger partial charge in [-0.05, 0) is 68.9 Å². The zero-order valence-corrected chi connectivity index (χ0v) is 17.7. The third-order valence-electron chi connectivity index (χ3n) is 5.75. The zero-order valence-electron chi connectivity index (χ0n) is 16.9. The Balaban J connectivity index is 1.29. The Kier molecular flexibility index (Phi) is 6.34. The molecule has 2 fully saturated rings. The second kappa shape index (κ2) is 9.14. The van der Waals surface area contributed by atoms with Crippen LogP contribution in [-0.4, -0.2) is 48.8 Å². The highest BCUT2D eigenvalue weighted by Crippen LogP contribution is 2.24. The van der Waals surface area contributed by atoms with Crippen LogP contribution in [0.2, 0.25) is 0 Å². The predicted octanol–water partition coefficient (Wildman–Crippen LogP) is 2.99. The van der Waals surface area contributed by atoms with Gasteiger partial charge in [-0.25, -0.2) is 13.4 Å². The van der Waals surface area contributed by atoms with Crippen LogP contribution in [0.25, 0.3) is 0 Å². The average Bonchev–Trinajstić information content (AvgIpc) is 3.32. The Bertz CT molecular complexity index is 950. The first-order valence-electron chi connectivity index (χ1n) is 10.5. The molecule has 0 unspecified atom stereocenters. The van der Waals surface area contributed by atoms with Crippen molar-refractivity contribution in [2.75, 3.05) is 13.1 Å². The average molecular weight is 430 g/mol. The third kappa shape index (κ3) is 4.82. The number of pyridine rings is 1. The van der Waals surface area contributed by atoms with Crippen molar-refractivity contribution in [1.29, 1.82) is 0 Å². The van der Waals surface area contributed by atoms with Crippen molar-refractivity contribution >= 4 is 15.9 Å². The molecule has 1 aromatic carbocycles. The smallest absolute Gasteiger partial charge is 0.251 e. The molecule has 30 heavy (non-hydrogen) atoms. The molecule has 1 saturated carbocycles. The molecule has 0 bridgehead atoms. The number of ether oxygens (including phenoxy) is 1. The van der Waals surface area contributed by atoms with Crippen molar-refractivity contribution in [1.82, 2.24) is 14.6 Å². The van der Waals surface area contributed by atoms with Crippen molar-refractivity contribution in [3.63, 3.8) is 0 Å². The highest BCUT2D eigenvalue weighted by molar-refractivity contribution is 7.89. The minimum atomic E-state index is -3.46. The lowest BCUT2D eigenvalue weighted by Crippen LogP contribution is -2.39. The van der Waals surface area contributed by atoms with E-state index < -0.39 is 10.0 Å². The molecule has 2 heterocycles. The van der Waals surface area contributed by atoms with Crippen molar-refractivity contribution in [2.24, 2.45) is 0 Å². The molecular formula is C22H27N3O4S. The van der Waals surface area contributed by atoms with Gasteiger partial charge in [0.25, 0.3) is 5.91 Å². The molecule has 4 rings (SSSR count). The van der Waals surface area contributed by atoms with Gasteiger partial charge in [-0.2, -0.15) is 4.31 Å². The normalized spacial score (nSPS) is 22.5. The first kappa shape index (κ1) is 20.8. The van der Waals surface area contributed by atoms with Gasteiger partial charge in [0.05, 0.1) is 4.90 Å². The molecule has 1 aliphatic heterocycles. The summed E-state index contributed by atoms with van der Waals surface area (Å²) in [5, 5.41) is 3.06. The van der Waals surface area contributed by atoms with E-state index in [0.29, 0.717) is 24.5 Å². The highest BCUT2D eigenvalue weighted by atomic mass is 32.2. The van der Waals surface area contributed by atoms with Crippen molar-refractivity contribution in [3.8, 4) is 5.88 Å². The first-order chi connectivity index (χ1) is 14.5. The Labute approximate surface area is 177 Å². The second-order valence-corrected chi connectivity index (χ2v) is 9.81. The number of carbonyl (C=O) groups excluding carboxylic acids is 1. The van der Waals surface area contributed by atoms with E-state index in [1.54, 1.807) is 18.3 Å². The number of nitrogens with zero attached hydrogens (tertiary/aromatic N) is 2. The van der Waals surface area contributed by atoms with E-state index in [1.807, 2.05) is 18.2 Å². The van der Waals surface area contributed by atoms with Crippen LogP contribution < -0.4 is 10.1 Å². The summed E-state index contributed by atoms with van der Waals surface area (Å²) >= 11 is 0. The number of amides is 1. The van der Waals surface area contributed by atoms with Crippen molar-refractivity contribution in [3.05, 3.63) is 54.2 Å². The van der Waals surface area contributed by atoms with Crippen LogP contribution in [0.15, 0.2) is 53.6 Å². The largest absolute Gasteiger partial charge is 0.474 e. The van der Waals surface area contributed by atoms with Crippen LogP contribution in [0.1, 0.15) is 48.9 Å². The minimum Gasteiger partial charge on any atom is -0.474 e. The molecule has 2 aliphatic rings. The number of hydrogen-bond donors (Lipinski definition) is 1. The quantitative estimate of drug-likeness (QED) is 0.763. The summed E-state index contributed by atoms with van der Waals surface area (Å²) < 4.78 is 32.6. The fourth-order valence-electron chi connectivity index (χ4n) is 4.04. The molecule has 1 aromatic heterocycles. The van der Waals surface area contributed by atoms with Gasteiger partial charge >= 0.3 is 0 Å². The van der Waals surface area contributed by atoms with Gasteiger partial charge in [0.2, 0.25) is 15.9 Å². The van der Waals surface area contributed by atoms with Crippen LogP contribution in [-0.2, 0) is 10.0 Å². The lowest BCUT2D eigenvalue weighted by atomic mass is 9.92. The Morgan fingerprint density at radius 1 is 1.00 bits per heavy atom. The molecule has 7 nitrogen and oxygen atoms in total. The maximum atomic E-state index is 12.6. The summed E-state index contributed by atoms with van der Waals surface area (Å²) in [6.45, 7) is 1.13. The number of rotatable bonds is 6. The van der Waals surface area contributed by atoms with E-state index in [2.05, 4.69) is 10.3 Å². The maximum absolute atomic E-state index is 12.6. The molecule has 1 N–H and O–H groups in total. The Morgan fingerprint density at radius 3 is 2.33 bits per heavy atom. The Morgan fingerprint density at radius 2 is 1.70 bits per heavy atom. The summed E-state index contributed by atoms with van der Waals surface area (Å²) in [6.07, 6.45) is 7.01. The van der Waals surface area contributed by atoms with Gasteiger partial charge in [-0.15, -0.1) is 0 Å². The van der Waals surface area contributed by atoms with E-state index in [9.17, 15) is 13.2 Å². The van der Waals surface area contributed by atoms with Gasteiger partial charge in [-0.3, -0.25) is 4.79 Å². The van der Waals surface area contributed by atoms with Crippen LogP contribution in [0.5, 0.6) is 5.88 Å². The van der Waals surface area contributed by atoms with Crippen LogP contribution in [0, 0.1) is 0 Å². The van der Waals surface area contributed by atoms with Crippen LogP contribution in [0.3, 0.4) is 0 Å². The fourth-order valence-corrected chi connectivity index (χ4v) is 5.55. The lowest BCUT2D eigenvalue weighted by molar-refractivity contribution is 0.0890. The number of carbonyl (C=O) groups is 1. The number of sulfonamides is 1. The van der Waals surface area contributed by atoms with Gasteiger partial charge in [0.15, 0.2) is 0 Å². The predicted molar refractivity (Wildman–Crippen MR) is 113 cm³/mol. The summed E-state index contributed by atoms with van der Waals surface area (Å²) in [7, 11) is -3.46. The van der Waals surface area contributed by atoms with Gasteiger partial charge in [0.1, 0.15) is 6.10 Å². The van der Waals surface area contributed by atoms with E-state index in [1.165, 1.54) is 16.4 Å². The van der Waals surface area contributed by atoms with Crippen molar-refractivity contribution < 1.29 is 17.9 Å². The molecule has 0 spiro atoms. The third-order valence-corrected chi connectivity index (χ3v) is 7.67. The van der Waals surface area contributed by atoms with E-state index in [-0.39, 0.29) is 22.9 Å². The van der Waals surface area contributed by atoms with Crippen LogP contribution >= 0.6 is 0 Å². The van der Waals surface area contributed by atoms with E-state index in [0.717, 1.165) is 38.5 Å². The number of nitrogens with one attached hydrogen (secondary N) is 1. The van der Waals surface area contributed by atoms with Gasteiger partial charge in [-0.1, -0.05) is 6.07 Å². The summed E-state index contributed by atoms with van der Waals surface area (Å²) in [5.41, 5.74) is 0.474. The summed E-state index contributed by atoms with van der Waals surface area (Å²) in [4.78, 5) is 17.0. The second-order valence-electron chi connectivity index (χ2n) is 7.87. The van der Waals surface area contributed by atoms with E-state index in [4.69, 9.17) is 4.74 Å². The number of benzene rings is 1. The topological polar surface area (TPSA) is 88.6 Å². The van der Waals surface area contributed by atoms with Crippen molar-refractivity contribution in [2.45, 2.75) is 55.6 Å². The summed E-state index contributed by atoms with van der Waals surface area (Å²) in [6, 6.07) is 11.9. The molecule has 2 aromatic rings. The number of hydrogen-bond acceptors (Lipinski definition) is 5. The zero-order chi connectivity index (χ0) is 21.0. The summed E-state index contributed by atoms with van der Waals surface area (Å²) in [5.74, 6) is 0.461. The molecule has 160 valence electrons. The molecule has 1 amide bonds. The molecule has 0 radical (unpaired) electrons. The van der Waals surface area contributed by atoms with Crippen LogP contribution in [0.4, 0.5) is 0 Å².